The van der Waals surface area contributed by atoms with Gasteiger partial charge in [0, 0.05) is 31.0 Å². The van der Waals surface area contributed by atoms with Crippen LogP contribution >= 0.6 is 0 Å². The van der Waals surface area contributed by atoms with Crippen LogP contribution < -0.4 is 5.32 Å². The van der Waals surface area contributed by atoms with Gasteiger partial charge in [0.1, 0.15) is 0 Å². The van der Waals surface area contributed by atoms with Crippen LogP contribution in [-0.2, 0) is 13.2 Å². The van der Waals surface area contributed by atoms with E-state index in [4.69, 9.17) is 0 Å². The van der Waals surface area contributed by atoms with Gasteiger partial charge in [0.05, 0.1) is 28.2 Å². The molecule has 1 amide bonds. The maximum Gasteiger partial charge on any atom is 0.416 e. The Balaban J connectivity index is 1.74. The number of halogens is 3. The van der Waals surface area contributed by atoms with Crippen molar-refractivity contribution in [2.45, 2.75) is 13.1 Å². The Morgan fingerprint density at radius 2 is 2.00 bits per heavy atom. The molecule has 10 heteroatoms. The standard InChI is InChI=1S/C19H15F3N6O/c1-11-14-8-12(10-23-17(14)27(2)26-11)18(29)25-15-9-13(19(20,21)22)4-5-16(15)28-7-3-6-24-28/h3-10H,1-2H3,(H,25,29). The van der Waals surface area contributed by atoms with E-state index in [2.05, 4.69) is 20.5 Å². The monoisotopic (exact) mass is 400 g/mol. The maximum atomic E-state index is 13.2. The van der Waals surface area contributed by atoms with Crippen LogP contribution in [-0.4, -0.2) is 30.5 Å². The predicted octanol–water partition coefficient (Wildman–Crippen LogP) is 3.73. The number of fused-ring (bicyclic) bond motifs is 1. The molecule has 29 heavy (non-hydrogen) atoms. The Morgan fingerprint density at radius 3 is 2.69 bits per heavy atom. The number of carbonyl (C=O) groups is 1. The van der Waals surface area contributed by atoms with E-state index in [1.54, 1.807) is 37.0 Å². The normalized spacial score (nSPS) is 11.8. The first kappa shape index (κ1) is 18.7. The lowest BCUT2D eigenvalue weighted by Crippen LogP contribution is -2.16. The third-order valence-electron chi connectivity index (χ3n) is 4.45. The largest absolute Gasteiger partial charge is 0.416 e. The van der Waals surface area contributed by atoms with Gasteiger partial charge in [0.25, 0.3) is 5.91 Å². The number of nitrogens with one attached hydrogen (secondary N) is 1. The highest BCUT2D eigenvalue weighted by atomic mass is 19.4. The smallest absolute Gasteiger partial charge is 0.320 e. The fourth-order valence-corrected chi connectivity index (χ4v) is 3.05. The molecule has 0 saturated heterocycles. The first-order chi connectivity index (χ1) is 13.7. The summed E-state index contributed by atoms with van der Waals surface area (Å²) >= 11 is 0. The fourth-order valence-electron chi connectivity index (χ4n) is 3.05. The summed E-state index contributed by atoms with van der Waals surface area (Å²) in [5, 5.41) is 11.5. The van der Waals surface area contributed by atoms with Crippen LogP contribution in [0.4, 0.5) is 18.9 Å². The molecule has 0 atom stereocenters. The van der Waals surface area contributed by atoms with Crippen molar-refractivity contribution in [2.24, 2.45) is 7.05 Å². The molecule has 1 aromatic carbocycles. The molecule has 3 heterocycles. The number of pyridine rings is 1. The van der Waals surface area contributed by atoms with Crippen LogP contribution in [0.1, 0.15) is 21.6 Å². The number of anilines is 1. The second kappa shape index (κ2) is 6.73. The highest BCUT2D eigenvalue weighted by Gasteiger charge is 2.31. The third kappa shape index (κ3) is 3.44. The van der Waals surface area contributed by atoms with Crippen LogP contribution in [0, 0.1) is 6.92 Å². The van der Waals surface area contributed by atoms with Gasteiger partial charge in [-0.2, -0.15) is 23.4 Å². The summed E-state index contributed by atoms with van der Waals surface area (Å²) in [6.07, 6.45) is -0.118. The molecule has 7 nitrogen and oxygen atoms in total. The molecule has 0 spiro atoms. The van der Waals surface area contributed by atoms with Crippen molar-refractivity contribution >= 4 is 22.6 Å². The van der Waals surface area contributed by atoms with E-state index in [0.29, 0.717) is 22.4 Å². The lowest BCUT2D eigenvalue weighted by Gasteiger charge is -2.14. The van der Waals surface area contributed by atoms with Crippen LogP contribution in [0.15, 0.2) is 48.9 Å². The van der Waals surface area contributed by atoms with Gasteiger partial charge in [-0.25, -0.2) is 9.67 Å². The van der Waals surface area contributed by atoms with Gasteiger partial charge < -0.3 is 5.32 Å². The van der Waals surface area contributed by atoms with E-state index < -0.39 is 17.6 Å². The molecule has 0 aliphatic heterocycles. The molecule has 0 radical (unpaired) electrons. The Bertz CT molecular complexity index is 1210. The Morgan fingerprint density at radius 1 is 1.21 bits per heavy atom. The molecule has 0 bridgehead atoms. The first-order valence-electron chi connectivity index (χ1n) is 8.56. The van der Waals surface area contributed by atoms with E-state index >= 15 is 0 Å². The van der Waals surface area contributed by atoms with Crippen molar-refractivity contribution in [3.05, 3.63) is 65.7 Å². The number of aromatic nitrogens is 5. The number of amides is 1. The number of nitrogens with zero attached hydrogens (tertiary/aromatic N) is 5. The Hall–Kier alpha value is -3.69. The average molecular weight is 400 g/mol. The highest BCUT2D eigenvalue weighted by Crippen LogP contribution is 2.33. The number of benzene rings is 1. The molecular weight excluding hydrogens is 385 g/mol. The molecule has 0 fully saturated rings. The van der Waals surface area contributed by atoms with Crippen LogP contribution in [0.2, 0.25) is 0 Å². The topological polar surface area (TPSA) is 77.6 Å². The number of aryl methyl sites for hydroxylation is 2. The molecule has 3 aromatic heterocycles. The van der Waals surface area contributed by atoms with Crippen molar-refractivity contribution in [1.82, 2.24) is 24.5 Å². The van der Waals surface area contributed by atoms with Gasteiger partial charge in [-0.15, -0.1) is 0 Å². The zero-order valence-corrected chi connectivity index (χ0v) is 15.4. The number of carbonyl (C=O) groups excluding carboxylic acids is 1. The summed E-state index contributed by atoms with van der Waals surface area (Å²) in [7, 11) is 1.74. The van der Waals surface area contributed by atoms with Crippen molar-refractivity contribution in [2.75, 3.05) is 5.32 Å². The van der Waals surface area contributed by atoms with Crippen molar-refractivity contribution < 1.29 is 18.0 Å². The van der Waals surface area contributed by atoms with Gasteiger partial charge in [-0.3, -0.25) is 9.48 Å². The second-order valence-corrected chi connectivity index (χ2v) is 6.44. The van der Waals surface area contributed by atoms with Gasteiger partial charge in [0.2, 0.25) is 0 Å². The predicted molar refractivity (Wildman–Crippen MR) is 99.8 cm³/mol. The van der Waals surface area contributed by atoms with Gasteiger partial charge in [-0.1, -0.05) is 0 Å². The lowest BCUT2D eigenvalue weighted by molar-refractivity contribution is -0.137. The van der Waals surface area contributed by atoms with Crippen LogP contribution in [0.3, 0.4) is 0 Å². The molecule has 0 aliphatic carbocycles. The molecular formula is C19H15F3N6O. The summed E-state index contributed by atoms with van der Waals surface area (Å²) in [6.45, 7) is 1.79. The maximum absolute atomic E-state index is 13.2. The van der Waals surface area contributed by atoms with Crippen molar-refractivity contribution in [1.29, 1.82) is 0 Å². The quantitative estimate of drug-likeness (QED) is 0.568. The molecule has 0 unspecified atom stereocenters. The molecule has 0 aliphatic rings. The van der Waals surface area contributed by atoms with E-state index in [9.17, 15) is 18.0 Å². The van der Waals surface area contributed by atoms with Crippen LogP contribution in [0.25, 0.3) is 16.7 Å². The SMILES string of the molecule is Cc1nn(C)c2ncc(C(=O)Nc3cc(C(F)(F)F)ccc3-n3cccn3)cc12. The van der Waals surface area contributed by atoms with E-state index in [1.165, 1.54) is 23.1 Å². The van der Waals surface area contributed by atoms with Gasteiger partial charge in [0.15, 0.2) is 5.65 Å². The van der Waals surface area contributed by atoms with E-state index in [1.807, 2.05) is 0 Å². The van der Waals surface area contributed by atoms with Gasteiger partial charge in [-0.05, 0) is 37.3 Å². The van der Waals surface area contributed by atoms with Crippen LogP contribution in [0.5, 0.6) is 0 Å². The zero-order chi connectivity index (χ0) is 20.8. The van der Waals surface area contributed by atoms with E-state index in [0.717, 1.165) is 12.1 Å². The number of hydrogen-bond acceptors (Lipinski definition) is 4. The zero-order valence-electron chi connectivity index (χ0n) is 15.4. The number of rotatable bonds is 3. The highest BCUT2D eigenvalue weighted by molar-refractivity contribution is 6.06. The summed E-state index contributed by atoms with van der Waals surface area (Å²) in [5.41, 5.74) is 0.925. The number of hydrogen-bond donors (Lipinski definition) is 1. The minimum atomic E-state index is -4.55. The minimum absolute atomic E-state index is 0.0171. The lowest BCUT2D eigenvalue weighted by atomic mass is 10.1. The Labute approximate surface area is 162 Å². The van der Waals surface area contributed by atoms with Gasteiger partial charge >= 0.3 is 6.18 Å². The fraction of sp³-hybridized carbons (Fsp3) is 0.158. The van der Waals surface area contributed by atoms with Crippen molar-refractivity contribution in [3.8, 4) is 5.69 Å². The Kier molecular flexibility index (Phi) is 4.33. The minimum Gasteiger partial charge on any atom is -0.320 e. The summed E-state index contributed by atoms with van der Waals surface area (Å²) < 4.78 is 42.5. The second-order valence-electron chi connectivity index (χ2n) is 6.44. The average Bonchev–Trinajstić information content (AvgIpc) is 3.29. The first-order valence-corrected chi connectivity index (χ1v) is 8.56. The summed E-state index contributed by atoms with van der Waals surface area (Å²) in [4.78, 5) is 17.0. The molecule has 4 rings (SSSR count). The van der Waals surface area contributed by atoms with E-state index in [-0.39, 0.29) is 11.3 Å². The third-order valence-corrected chi connectivity index (χ3v) is 4.45. The molecule has 4 aromatic rings. The molecule has 1 N–H and O–H groups in total. The molecule has 0 saturated carbocycles. The summed E-state index contributed by atoms with van der Waals surface area (Å²) in [6, 6.07) is 6.33. The number of alkyl halides is 3. The van der Waals surface area contributed by atoms with Crippen molar-refractivity contribution in [3.63, 3.8) is 0 Å². The molecule has 148 valence electrons. The summed E-state index contributed by atoms with van der Waals surface area (Å²) in [5.74, 6) is -0.588.